The minimum atomic E-state index is -0.137. The highest BCUT2D eigenvalue weighted by Crippen LogP contribution is 2.23. The van der Waals surface area contributed by atoms with Crippen molar-refractivity contribution in [2.75, 3.05) is 0 Å². The average Bonchev–Trinajstić information content (AvgIpc) is 2.77. The van der Waals surface area contributed by atoms with E-state index in [0.29, 0.717) is 0 Å². The van der Waals surface area contributed by atoms with Crippen molar-refractivity contribution in [3.8, 4) is 0 Å². The number of nitrogens with zero attached hydrogens (tertiary/aromatic N) is 2. The van der Waals surface area contributed by atoms with E-state index in [4.69, 9.17) is 9.98 Å². The molecular weight excluding hydrogens is 282 g/mol. The van der Waals surface area contributed by atoms with Crippen LogP contribution in [0.25, 0.3) is 5.57 Å². The molecule has 1 N–H and O–H groups in total. The van der Waals surface area contributed by atoms with Crippen LogP contribution in [0.1, 0.15) is 59.6 Å². The summed E-state index contributed by atoms with van der Waals surface area (Å²) in [5.41, 5.74) is 3.38. The smallest absolute Gasteiger partial charge is 0.135 e. The molecule has 1 aliphatic heterocycles. The number of hydrogen-bond donors (Lipinski definition) is 1. The van der Waals surface area contributed by atoms with Gasteiger partial charge >= 0.3 is 0 Å². The quantitative estimate of drug-likeness (QED) is 0.849. The lowest BCUT2D eigenvalue weighted by atomic mass is 10.0. The van der Waals surface area contributed by atoms with Crippen LogP contribution in [0.3, 0.4) is 0 Å². The zero-order valence-electron chi connectivity index (χ0n) is 15.5. The number of hydrogen-bond acceptors (Lipinski definition) is 2. The maximum atomic E-state index is 4.85. The van der Waals surface area contributed by atoms with Gasteiger partial charge in [0.15, 0.2) is 0 Å². The second kappa shape index (κ2) is 6.31. The number of amidine groups is 2. The van der Waals surface area contributed by atoms with Crippen molar-refractivity contribution in [2.24, 2.45) is 9.98 Å². The van der Waals surface area contributed by atoms with Crippen molar-refractivity contribution in [3.63, 3.8) is 0 Å². The van der Waals surface area contributed by atoms with Crippen LogP contribution in [0.5, 0.6) is 0 Å². The fraction of sp³-hybridized carbons (Fsp3) is 0.500. The molecule has 1 aromatic rings. The first-order valence-corrected chi connectivity index (χ1v) is 8.35. The van der Waals surface area contributed by atoms with Gasteiger partial charge in [-0.2, -0.15) is 0 Å². The second-order valence-corrected chi connectivity index (χ2v) is 8.03. The number of aliphatic imine (C=N–C) groups is 2. The van der Waals surface area contributed by atoms with E-state index in [-0.39, 0.29) is 11.1 Å². The Hall–Kier alpha value is -1.90. The SMILES string of the molecule is CCc1ccc(C2=CC(=NC(C)(C)C)NC2=NC(C)(C)C)cc1. The van der Waals surface area contributed by atoms with Crippen molar-refractivity contribution in [1.29, 1.82) is 0 Å². The highest BCUT2D eigenvalue weighted by atomic mass is 15.1. The van der Waals surface area contributed by atoms with Crippen molar-refractivity contribution < 1.29 is 0 Å². The normalized spacial score (nSPS) is 19.2. The monoisotopic (exact) mass is 311 g/mol. The maximum Gasteiger partial charge on any atom is 0.135 e. The molecule has 2 rings (SSSR count). The Labute approximate surface area is 140 Å². The second-order valence-electron chi connectivity index (χ2n) is 8.03. The number of benzene rings is 1. The number of rotatable bonds is 2. The zero-order valence-corrected chi connectivity index (χ0v) is 15.5. The van der Waals surface area contributed by atoms with Crippen molar-refractivity contribution in [2.45, 2.75) is 66.0 Å². The molecule has 0 saturated carbocycles. The van der Waals surface area contributed by atoms with Gasteiger partial charge in [-0.05, 0) is 65.2 Å². The first-order valence-electron chi connectivity index (χ1n) is 8.35. The Morgan fingerprint density at radius 2 is 1.43 bits per heavy atom. The molecular formula is C20H29N3. The van der Waals surface area contributed by atoms with Crippen LogP contribution in [0.4, 0.5) is 0 Å². The molecule has 0 fully saturated rings. The highest BCUT2D eigenvalue weighted by Gasteiger charge is 2.23. The molecule has 0 unspecified atom stereocenters. The number of nitrogens with one attached hydrogen (secondary N) is 1. The van der Waals surface area contributed by atoms with Gasteiger partial charge in [-0.15, -0.1) is 0 Å². The lowest BCUT2D eigenvalue weighted by Crippen LogP contribution is -2.28. The Morgan fingerprint density at radius 1 is 0.870 bits per heavy atom. The molecule has 124 valence electrons. The molecule has 0 atom stereocenters. The third kappa shape index (κ3) is 5.05. The van der Waals surface area contributed by atoms with Crippen molar-refractivity contribution in [3.05, 3.63) is 41.5 Å². The van der Waals surface area contributed by atoms with Gasteiger partial charge in [0.1, 0.15) is 11.7 Å². The molecule has 0 saturated heterocycles. The molecule has 0 aliphatic carbocycles. The van der Waals surface area contributed by atoms with Crippen LogP contribution in [-0.4, -0.2) is 22.7 Å². The molecule has 3 nitrogen and oxygen atoms in total. The van der Waals surface area contributed by atoms with Crippen LogP contribution < -0.4 is 5.32 Å². The summed E-state index contributed by atoms with van der Waals surface area (Å²) in [6.45, 7) is 14.8. The van der Waals surface area contributed by atoms with Gasteiger partial charge in [0.25, 0.3) is 0 Å². The van der Waals surface area contributed by atoms with Gasteiger partial charge < -0.3 is 5.32 Å². The topological polar surface area (TPSA) is 36.8 Å². The molecule has 0 radical (unpaired) electrons. The van der Waals surface area contributed by atoms with Crippen molar-refractivity contribution >= 4 is 17.2 Å². The summed E-state index contributed by atoms with van der Waals surface area (Å²) in [6.07, 6.45) is 3.16. The maximum absolute atomic E-state index is 4.85. The van der Waals surface area contributed by atoms with Crippen LogP contribution in [0, 0.1) is 0 Å². The minimum Gasteiger partial charge on any atom is -0.325 e. The van der Waals surface area contributed by atoms with Crippen molar-refractivity contribution in [1.82, 2.24) is 5.32 Å². The van der Waals surface area contributed by atoms with Crippen LogP contribution in [0.15, 0.2) is 40.3 Å². The summed E-state index contributed by atoms with van der Waals surface area (Å²) in [5.74, 6) is 1.79. The Balaban J connectivity index is 2.46. The predicted octanol–water partition coefficient (Wildman–Crippen LogP) is 4.63. The molecule has 0 amide bonds. The predicted molar refractivity (Wildman–Crippen MR) is 101 cm³/mol. The van der Waals surface area contributed by atoms with E-state index in [1.165, 1.54) is 11.1 Å². The fourth-order valence-electron chi connectivity index (χ4n) is 2.42. The summed E-state index contributed by atoms with van der Waals surface area (Å²) >= 11 is 0. The van der Waals surface area contributed by atoms with Gasteiger partial charge in [-0.25, -0.2) is 0 Å². The molecule has 1 aromatic carbocycles. The van der Waals surface area contributed by atoms with E-state index in [0.717, 1.165) is 23.7 Å². The molecule has 0 aromatic heterocycles. The first-order chi connectivity index (χ1) is 10.6. The third-order valence-electron chi connectivity index (χ3n) is 3.36. The van der Waals surface area contributed by atoms with Gasteiger partial charge in [0.2, 0.25) is 0 Å². The minimum absolute atomic E-state index is 0.118. The lowest BCUT2D eigenvalue weighted by molar-refractivity contribution is 0.580. The molecule has 23 heavy (non-hydrogen) atoms. The first kappa shape index (κ1) is 17.5. The van der Waals surface area contributed by atoms with Crippen LogP contribution >= 0.6 is 0 Å². The van der Waals surface area contributed by atoms with Gasteiger partial charge in [-0.3, -0.25) is 9.98 Å². The molecule has 3 heteroatoms. The van der Waals surface area contributed by atoms with Gasteiger partial charge in [-0.1, -0.05) is 31.2 Å². The van der Waals surface area contributed by atoms with E-state index in [1.807, 2.05) is 0 Å². The molecule has 1 heterocycles. The lowest BCUT2D eigenvalue weighted by Gasteiger charge is -2.16. The summed E-state index contributed by atoms with van der Waals surface area (Å²) < 4.78 is 0. The van der Waals surface area contributed by atoms with Crippen LogP contribution in [0.2, 0.25) is 0 Å². The summed E-state index contributed by atoms with van der Waals surface area (Å²) in [5, 5.41) is 3.39. The Kier molecular flexibility index (Phi) is 4.79. The molecule has 0 spiro atoms. The summed E-state index contributed by atoms with van der Waals surface area (Å²) in [4.78, 5) is 9.59. The largest absolute Gasteiger partial charge is 0.325 e. The molecule has 1 aliphatic rings. The summed E-state index contributed by atoms with van der Waals surface area (Å²) in [7, 11) is 0. The third-order valence-corrected chi connectivity index (χ3v) is 3.36. The van der Waals surface area contributed by atoms with Crippen LogP contribution in [-0.2, 0) is 6.42 Å². The van der Waals surface area contributed by atoms with E-state index in [2.05, 4.69) is 84.1 Å². The van der Waals surface area contributed by atoms with E-state index in [9.17, 15) is 0 Å². The zero-order chi connectivity index (χ0) is 17.3. The van der Waals surface area contributed by atoms with E-state index in [1.54, 1.807) is 0 Å². The van der Waals surface area contributed by atoms with Gasteiger partial charge in [0.05, 0.1) is 11.1 Å². The number of aryl methyl sites for hydroxylation is 1. The Bertz CT molecular complexity index is 648. The Morgan fingerprint density at radius 3 is 1.91 bits per heavy atom. The fourth-order valence-corrected chi connectivity index (χ4v) is 2.42. The van der Waals surface area contributed by atoms with Gasteiger partial charge in [0, 0.05) is 5.57 Å². The van der Waals surface area contributed by atoms with E-state index < -0.39 is 0 Å². The standard InChI is InChI=1S/C20H29N3/c1-8-14-9-11-15(12-10-14)16-13-17(22-19(2,3)4)21-18(16)23-20(5,6)7/h9-13H,8H2,1-7H3,(H,21,22,23). The highest BCUT2D eigenvalue weighted by molar-refractivity contribution is 6.36. The summed E-state index contributed by atoms with van der Waals surface area (Å²) in [6, 6.07) is 8.71. The average molecular weight is 311 g/mol. The molecule has 0 bridgehead atoms. The van der Waals surface area contributed by atoms with E-state index >= 15 is 0 Å².